The van der Waals surface area contributed by atoms with E-state index in [0.29, 0.717) is 11.4 Å². The lowest BCUT2D eigenvalue weighted by Crippen LogP contribution is -2.11. The first kappa shape index (κ1) is 12.8. The molecule has 2 aromatic rings. The van der Waals surface area contributed by atoms with Gasteiger partial charge in [-0.3, -0.25) is 0 Å². The summed E-state index contributed by atoms with van der Waals surface area (Å²) >= 11 is 0. The number of carboxylic acids is 1. The van der Waals surface area contributed by atoms with E-state index in [0.717, 1.165) is 30.7 Å². The van der Waals surface area contributed by atoms with Gasteiger partial charge in [-0.15, -0.1) is 0 Å². The highest BCUT2D eigenvalue weighted by Gasteiger charge is 2.18. The lowest BCUT2D eigenvalue weighted by Gasteiger charge is -2.18. The highest BCUT2D eigenvalue weighted by Crippen LogP contribution is 2.26. The van der Waals surface area contributed by atoms with Crippen LogP contribution in [0.15, 0.2) is 24.3 Å². The maximum Gasteiger partial charge on any atom is 0.336 e. The standard InChI is InChI=1S/C16H16N2O2/c1-10-11-6-4-5-9-14(11)18-15(17-10)12-7-2-3-8-13(12)16(19)20/h2-3,7-8H,4-6,9H2,1H3,(H,19,20). The largest absolute Gasteiger partial charge is 0.478 e. The third-order valence-electron chi connectivity index (χ3n) is 3.79. The lowest BCUT2D eigenvalue weighted by molar-refractivity contribution is 0.0697. The zero-order chi connectivity index (χ0) is 14.1. The summed E-state index contributed by atoms with van der Waals surface area (Å²) in [5, 5.41) is 9.28. The van der Waals surface area contributed by atoms with Crippen LogP contribution in [0.4, 0.5) is 0 Å². The highest BCUT2D eigenvalue weighted by atomic mass is 16.4. The Bertz CT molecular complexity index is 680. The molecule has 0 amide bonds. The number of nitrogens with zero attached hydrogens (tertiary/aromatic N) is 2. The molecule has 0 bridgehead atoms. The van der Waals surface area contributed by atoms with E-state index in [9.17, 15) is 9.90 Å². The number of aryl methyl sites for hydroxylation is 2. The van der Waals surface area contributed by atoms with Crippen molar-refractivity contribution in [2.75, 3.05) is 0 Å². The molecule has 0 aliphatic heterocycles. The van der Waals surface area contributed by atoms with Crippen molar-refractivity contribution in [2.24, 2.45) is 0 Å². The fraction of sp³-hybridized carbons (Fsp3) is 0.312. The number of carboxylic acid groups (broad SMARTS) is 1. The molecular formula is C16H16N2O2. The van der Waals surface area contributed by atoms with Crippen LogP contribution in [0.2, 0.25) is 0 Å². The minimum absolute atomic E-state index is 0.252. The van der Waals surface area contributed by atoms with Gasteiger partial charge in [0, 0.05) is 17.0 Å². The Balaban J connectivity index is 2.16. The minimum atomic E-state index is -0.945. The average molecular weight is 268 g/mol. The molecule has 3 rings (SSSR count). The van der Waals surface area contributed by atoms with Gasteiger partial charge in [-0.05, 0) is 44.2 Å². The number of aromatic nitrogens is 2. The number of hydrogen-bond donors (Lipinski definition) is 1. The molecule has 1 aromatic carbocycles. The molecule has 0 spiro atoms. The van der Waals surface area contributed by atoms with Crippen molar-refractivity contribution in [3.8, 4) is 11.4 Å². The van der Waals surface area contributed by atoms with Crippen molar-refractivity contribution >= 4 is 5.97 Å². The first-order valence-corrected chi connectivity index (χ1v) is 6.86. The van der Waals surface area contributed by atoms with Gasteiger partial charge in [-0.1, -0.05) is 18.2 Å². The van der Waals surface area contributed by atoms with E-state index in [2.05, 4.69) is 9.97 Å². The fourth-order valence-electron chi connectivity index (χ4n) is 2.77. The number of fused-ring (bicyclic) bond motifs is 1. The van der Waals surface area contributed by atoms with Gasteiger partial charge in [-0.2, -0.15) is 0 Å². The SMILES string of the molecule is Cc1nc(-c2ccccc2C(=O)O)nc2c1CCCC2. The van der Waals surface area contributed by atoms with Crippen LogP contribution >= 0.6 is 0 Å². The van der Waals surface area contributed by atoms with Crippen LogP contribution in [-0.2, 0) is 12.8 Å². The monoisotopic (exact) mass is 268 g/mol. The first-order chi connectivity index (χ1) is 9.66. The summed E-state index contributed by atoms with van der Waals surface area (Å²) in [6, 6.07) is 6.90. The van der Waals surface area contributed by atoms with Gasteiger partial charge >= 0.3 is 5.97 Å². The maximum absolute atomic E-state index is 11.3. The summed E-state index contributed by atoms with van der Waals surface area (Å²) in [6.45, 7) is 1.98. The summed E-state index contributed by atoms with van der Waals surface area (Å²) in [5.41, 5.74) is 4.15. The topological polar surface area (TPSA) is 63.1 Å². The summed E-state index contributed by atoms with van der Waals surface area (Å²) in [4.78, 5) is 20.5. The minimum Gasteiger partial charge on any atom is -0.478 e. The molecule has 0 fully saturated rings. The first-order valence-electron chi connectivity index (χ1n) is 6.86. The van der Waals surface area contributed by atoms with E-state index in [1.54, 1.807) is 18.2 Å². The summed E-state index contributed by atoms with van der Waals surface area (Å²) in [6.07, 6.45) is 4.31. The molecule has 1 aliphatic rings. The van der Waals surface area contributed by atoms with Crippen LogP contribution in [-0.4, -0.2) is 21.0 Å². The number of benzene rings is 1. The molecule has 102 valence electrons. The van der Waals surface area contributed by atoms with Crippen molar-refractivity contribution in [2.45, 2.75) is 32.6 Å². The lowest BCUT2D eigenvalue weighted by atomic mass is 9.94. The molecule has 0 saturated heterocycles. The van der Waals surface area contributed by atoms with E-state index in [1.807, 2.05) is 13.0 Å². The fourth-order valence-corrected chi connectivity index (χ4v) is 2.77. The number of hydrogen-bond acceptors (Lipinski definition) is 3. The molecule has 0 saturated carbocycles. The Kier molecular flexibility index (Phi) is 3.22. The summed E-state index contributed by atoms with van der Waals surface area (Å²) in [5.74, 6) is -0.416. The molecule has 4 heteroatoms. The molecule has 0 unspecified atom stereocenters. The van der Waals surface area contributed by atoms with Crippen molar-refractivity contribution in [1.82, 2.24) is 9.97 Å². The Morgan fingerprint density at radius 3 is 2.70 bits per heavy atom. The second-order valence-corrected chi connectivity index (χ2v) is 5.12. The second kappa shape index (κ2) is 5.04. The van der Waals surface area contributed by atoms with Gasteiger partial charge in [0.1, 0.15) is 0 Å². The van der Waals surface area contributed by atoms with Crippen LogP contribution in [0.1, 0.15) is 40.2 Å². The smallest absolute Gasteiger partial charge is 0.336 e. The van der Waals surface area contributed by atoms with Gasteiger partial charge in [0.25, 0.3) is 0 Å². The van der Waals surface area contributed by atoms with E-state index in [-0.39, 0.29) is 5.56 Å². The van der Waals surface area contributed by atoms with E-state index < -0.39 is 5.97 Å². The van der Waals surface area contributed by atoms with E-state index >= 15 is 0 Å². The van der Waals surface area contributed by atoms with Crippen LogP contribution in [0.5, 0.6) is 0 Å². The molecule has 4 nitrogen and oxygen atoms in total. The van der Waals surface area contributed by atoms with Crippen LogP contribution < -0.4 is 0 Å². The Hall–Kier alpha value is -2.23. The summed E-state index contributed by atoms with van der Waals surface area (Å²) < 4.78 is 0. The average Bonchev–Trinajstić information content (AvgIpc) is 2.47. The van der Waals surface area contributed by atoms with Gasteiger partial charge in [0.05, 0.1) is 5.56 Å². The molecule has 1 heterocycles. The normalized spacial score (nSPS) is 13.8. The molecule has 1 aromatic heterocycles. The van der Waals surface area contributed by atoms with Gasteiger partial charge < -0.3 is 5.11 Å². The molecule has 20 heavy (non-hydrogen) atoms. The van der Waals surface area contributed by atoms with Crippen LogP contribution in [0, 0.1) is 6.92 Å². The maximum atomic E-state index is 11.3. The zero-order valence-electron chi connectivity index (χ0n) is 11.4. The molecule has 0 atom stereocenters. The van der Waals surface area contributed by atoms with E-state index in [1.165, 1.54) is 12.0 Å². The molecule has 0 radical (unpaired) electrons. The van der Waals surface area contributed by atoms with Crippen LogP contribution in [0.3, 0.4) is 0 Å². The van der Waals surface area contributed by atoms with Gasteiger partial charge in [-0.25, -0.2) is 14.8 Å². The van der Waals surface area contributed by atoms with Gasteiger partial charge in [0.15, 0.2) is 5.82 Å². The van der Waals surface area contributed by atoms with Gasteiger partial charge in [0.2, 0.25) is 0 Å². The third-order valence-corrected chi connectivity index (χ3v) is 3.79. The zero-order valence-corrected chi connectivity index (χ0v) is 11.4. The highest BCUT2D eigenvalue weighted by molar-refractivity contribution is 5.94. The second-order valence-electron chi connectivity index (χ2n) is 5.12. The Morgan fingerprint density at radius 1 is 1.15 bits per heavy atom. The Labute approximate surface area is 117 Å². The third kappa shape index (κ3) is 2.18. The molecule has 1 N–H and O–H groups in total. The number of carbonyl (C=O) groups is 1. The summed E-state index contributed by atoms with van der Waals surface area (Å²) in [7, 11) is 0. The van der Waals surface area contributed by atoms with Crippen molar-refractivity contribution in [1.29, 1.82) is 0 Å². The number of aromatic carboxylic acids is 1. The quantitative estimate of drug-likeness (QED) is 0.909. The molecular weight excluding hydrogens is 252 g/mol. The molecule has 1 aliphatic carbocycles. The van der Waals surface area contributed by atoms with E-state index in [4.69, 9.17) is 0 Å². The Morgan fingerprint density at radius 2 is 1.90 bits per heavy atom. The predicted octanol–water partition coefficient (Wildman–Crippen LogP) is 3.03. The van der Waals surface area contributed by atoms with Crippen molar-refractivity contribution < 1.29 is 9.90 Å². The van der Waals surface area contributed by atoms with Crippen LogP contribution in [0.25, 0.3) is 11.4 Å². The van der Waals surface area contributed by atoms with Crippen molar-refractivity contribution in [3.63, 3.8) is 0 Å². The predicted molar refractivity (Wildman–Crippen MR) is 75.8 cm³/mol. The number of rotatable bonds is 2. The van der Waals surface area contributed by atoms with Crippen molar-refractivity contribution in [3.05, 3.63) is 46.8 Å².